The summed E-state index contributed by atoms with van der Waals surface area (Å²) in [6.45, 7) is 2.00. The van der Waals surface area contributed by atoms with Gasteiger partial charge in [0.1, 0.15) is 6.04 Å². The predicted octanol–water partition coefficient (Wildman–Crippen LogP) is 1.37. The number of nitrogens with zero attached hydrogens (tertiary/aromatic N) is 2. The van der Waals surface area contributed by atoms with E-state index in [4.69, 9.17) is 4.74 Å². The minimum absolute atomic E-state index is 0.0185. The first-order chi connectivity index (χ1) is 12.8. The molecule has 1 aromatic rings. The maximum atomic E-state index is 12.3. The Morgan fingerprint density at radius 1 is 1.33 bits per heavy atom. The van der Waals surface area contributed by atoms with E-state index in [1.165, 1.54) is 0 Å². The van der Waals surface area contributed by atoms with E-state index in [1.807, 2.05) is 50.2 Å². The zero-order valence-corrected chi connectivity index (χ0v) is 16.7. The molecule has 2 aliphatic heterocycles. The van der Waals surface area contributed by atoms with Gasteiger partial charge in [-0.2, -0.15) is 0 Å². The van der Waals surface area contributed by atoms with Gasteiger partial charge in [0.15, 0.2) is 6.61 Å². The van der Waals surface area contributed by atoms with Crippen LogP contribution in [-0.2, 0) is 25.7 Å². The van der Waals surface area contributed by atoms with Crippen LogP contribution in [0.4, 0.5) is 5.69 Å². The summed E-state index contributed by atoms with van der Waals surface area (Å²) in [5.41, 5.74) is 2.04. The number of esters is 1. The minimum atomic E-state index is -0.596. The summed E-state index contributed by atoms with van der Waals surface area (Å²) in [5.74, 6) is -0.371. The third kappa shape index (κ3) is 4.21. The maximum absolute atomic E-state index is 12.3. The quantitative estimate of drug-likeness (QED) is 0.738. The van der Waals surface area contributed by atoms with Crippen LogP contribution >= 0.6 is 11.8 Å². The summed E-state index contributed by atoms with van der Waals surface area (Å²) in [7, 11) is 3.93. The van der Waals surface area contributed by atoms with Crippen molar-refractivity contribution in [1.29, 1.82) is 0 Å². The summed E-state index contributed by atoms with van der Waals surface area (Å²) in [6.07, 6.45) is 1.20. The average Bonchev–Trinajstić information content (AvgIpc) is 3.14. The third-order valence-electron chi connectivity index (χ3n) is 5.00. The highest BCUT2D eigenvalue weighted by atomic mass is 32.2. The van der Waals surface area contributed by atoms with E-state index >= 15 is 0 Å². The summed E-state index contributed by atoms with van der Waals surface area (Å²) < 4.78 is 5.16. The standard InChI is InChI=1S/C19H25N3O4S/c1-19-9-8-17(24)22(19)15(12-27-19)18(25)26-11-16(23)20-10-13-4-6-14(7-5-13)21(2)3/h4-7,15H,8-12H2,1-3H3,(H,20,23)/t15-,19-/m0/s1. The highest BCUT2D eigenvalue weighted by Gasteiger charge is 2.53. The molecule has 0 aromatic heterocycles. The molecule has 0 aliphatic carbocycles. The van der Waals surface area contributed by atoms with Crippen molar-refractivity contribution >= 4 is 35.2 Å². The van der Waals surface area contributed by atoms with Crippen molar-refractivity contribution in [2.45, 2.75) is 37.2 Å². The minimum Gasteiger partial charge on any atom is -0.454 e. The van der Waals surface area contributed by atoms with Gasteiger partial charge in [-0.25, -0.2) is 4.79 Å². The topological polar surface area (TPSA) is 79.0 Å². The van der Waals surface area contributed by atoms with E-state index in [0.29, 0.717) is 18.7 Å². The van der Waals surface area contributed by atoms with Crippen molar-refractivity contribution in [2.75, 3.05) is 31.4 Å². The van der Waals surface area contributed by atoms with Crippen LogP contribution in [0.15, 0.2) is 24.3 Å². The molecule has 2 saturated heterocycles. The Labute approximate surface area is 163 Å². The second-order valence-corrected chi connectivity index (χ2v) is 8.71. The number of thioether (sulfide) groups is 1. The van der Waals surface area contributed by atoms with Crippen molar-refractivity contribution in [3.63, 3.8) is 0 Å². The number of amides is 2. The van der Waals surface area contributed by atoms with Gasteiger partial charge in [0.05, 0.1) is 4.87 Å². The fraction of sp³-hybridized carbons (Fsp3) is 0.526. The number of fused-ring (bicyclic) bond motifs is 1. The van der Waals surface area contributed by atoms with E-state index in [1.54, 1.807) is 16.7 Å². The lowest BCUT2D eigenvalue weighted by Crippen LogP contribution is -2.47. The Morgan fingerprint density at radius 2 is 2.04 bits per heavy atom. The first-order valence-corrected chi connectivity index (χ1v) is 9.94. The number of nitrogens with one attached hydrogen (secondary N) is 1. The SMILES string of the molecule is CN(C)c1ccc(CNC(=O)COC(=O)[C@@H]2CS[C@@]3(C)CCC(=O)N23)cc1. The third-order valence-corrected chi connectivity index (χ3v) is 6.51. The van der Waals surface area contributed by atoms with Crippen molar-refractivity contribution < 1.29 is 19.1 Å². The second kappa shape index (κ2) is 7.80. The van der Waals surface area contributed by atoms with Gasteiger partial charge in [-0.1, -0.05) is 12.1 Å². The normalized spacial score (nSPS) is 23.9. The Bertz CT molecular complexity index is 737. The highest BCUT2D eigenvalue weighted by molar-refractivity contribution is 8.01. The van der Waals surface area contributed by atoms with Crippen LogP contribution in [0.2, 0.25) is 0 Å². The van der Waals surface area contributed by atoms with E-state index in [2.05, 4.69) is 5.32 Å². The Balaban J connectivity index is 1.45. The van der Waals surface area contributed by atoms with Crippen molar-refractivity contribution in [1.82, 2.24) is 10.2 Å². The number of rotatable bonds is 6. The molecule has 0 bridgehead atoms. The number of hydrogen-bond donors (Lipinski definition) is 1. The molecule has 27 heavy (non-hydrogen) atoms. The van der Waals surface area contributed by atoms with Gasteiger partial charge in [0.2, 0.25) is 5.91 Å². The fourth-order valence-electron chi connectivity index (χ4n) is 3.39. The average molecular weight is 391 g/mol. The molecule has 1 aromatic carbocycles. The molecule has 0 saturated carbocycles. The Morgan fingerprint density at radius 3 is 2.70 bits per heavy atom. The number of benzene rings is 1. The largest absolute Gasteiger partial charge is 0.454 e. The second-order valence-electron chi connectivity index (χ2n) is 7.21. The van der Waals surface area contributed by atoms with E-state index < -0.39 is 12.0 Å². The van der Waals surface area contributed by atoms with Crippen LogP contribution in [0.25, 0.3) is 0 Å². The van der Waals surface area contributed by atoms with E-state index in [9.17, 15) is 14.4 Å². The molecule has 0 unspecified atom stereocenters. The van der Waals surface area contributed by atoms with Crippen molar-refractivity contribution in [3.05, 3.63) is 29.8 Å². The zero-order chi connectivity index (χ0) is 19.6. The summed E-state index contributed by atoms with van der Waals surface area (Å²) >= 11 is 1.60. The van der Waals surface area contributed by atoms with Crippen LogP contribution in [-0.4, -0.2) is 60.1 Å². The van der Waals surface area contributed by atoms with Gasteiger partial charge in [0, 0.05) is 38.5 Å². The number of carbonyl (C=O) groups is 3. The van der Waals surface area contributed by atoms with Crippen LogP contribution < -0.4 is 10.2 Å². The Kier molecular flexibility index (Phi) is 5.64. The number of carbonyl (C=O) groups excluding carboxylic acids is 3. The predicted molar refractivity (Wildman–Crippen MR) is 104 cm³/mol. The van der Waals surface area contributed by atoms with Crippen LogP contribution in [0.1, 0.15) is 25.3 Å². The molecule has 2 heterocycles. The molecular formula is C19H25N3O4S. The number of ether oxygens (including phenoxy) is 1. The monoisotopic (exact) mass is 391 g/mol. The van der Waals surface area contributed by atoms with Gasteiger partial charge in [-0.05, 0) is 31.0 Å². The molecular weight excluding hydrogens is 366 g/mol. The summed E-state index contributed by atoms with van der Waals surface area (Å²) in [5, 5.41) is 2.74. The Hall–Kier alpha value is -2.22. The fourth-order valence-corrected chi connectivity index (χ4v) is 4.81. The van der Waals surface area contributed by atoms with Gasteiger partial charge in [-0.3, -0.25) is 9.59 Å². The van der Waals surface area contributed by atoms with Gasteiger partial charge >= 0.3 is 5.97 Å². The van der Waals surface area contributed by atoms with Gasteiger partial charge in [-0.15, -0.1) is 11.8 Å². The van der Waals surface area contributed by atoms with Crippen LogP contribution in [0.5, 0.6) is 0 Å². The van der Waals surface area contributed by atoms with Gasteiger partial charge in [0.25, 0.3) is 5.91 Å². The van der Waals surface area contributed by atoms with E-state index in [0.717, 1.165) is 17.7 Å². The first-order valence-electron chi connectivity index (χ1n) is 8.96. The lowest BCUT2D eigenvalue weighted by atomic mass is 10.2. The lowest BCUT2D eigenvalue weighted by molar-refractivity contribution is -0.156. The molecule has 0 spiro atoms. The molecule has 2 amide bonds. The lowest BCUT2D eigenvalue weighted by Gasteiger charge is -2.29. The molecule has 7 nitrogen and oxygen atoms in total. The first kappa shape index (κ1) is 19.5. The van der Waals surface area contributed by atoms with Crippen LogP contribution in [0, 0.1) is 0 Å². The summed E-state index contributed by atoms with van der Waals surface area (Å²) in [4.78, 5) is 39.7. The number of anilines is 1. The molecule has 146 valence electrons. The highest BCUT2D eigenvalue weighted by Crippen LogP contribution is 2.47. The molecule has 0 radical (unpaired) electrons. The molecule has 1 N–H and O–H groups in total. The molecule has 2 fully saturated rings. The molecule has 8 heteroatoms. The maximum Gasteiger partial charge on any atom is 0.330 e. The molecule has 3 rings (SSSR count). The van der Waals surface area contributed by atoms with E-state index in [-0.39, 0.29) is 23.3 Å². The van der Waals surface area contributed by atoms with Crippen molar-refractivity contribution in [2.24, 2.45) is 0 Å². The number of hydrogen-bond acceptors (Lipinski definition) is 6. The summed E-state index contributed by atoms with van der Waals surface area (Å²) in [6, 6.07) is 7.24. The van der Waals surface area contributed by atoms with Gasteiger partial charge < -0.3 is 19.9 Å². The smallest absolute Gasteiger partial charge is 0.330 e. The molecule has 2 aliphatic rings. The molecule has 2 atom stereocenters. The van der Waals surface area contributed by atoms with Crippen LogP contribution in [0.3, 0.4) is 0 Å². The van der Waals surface area contributed by atoms with Crippen molar-refractivity contribution in [3.8, 4) is 0 Å². The zero-order valence-electron chi connectivity index (χ0n) is 15.9.